The normalized spacial score (nSPS) is 10.5. The van der Waals surface area contributed by atoms with E-state index in [1.165, 1.54) is 5.56 Å². The van der Waals surface area contributed by atoms with Gasteiger partial charge in [-0.15, -0.1) is 0 Å². The Balaban J connectivity index is 2.20. The molecule has 0 fully saturated rings. The molecule has 0 amide bonds. The van der Waals surface area contributed by atoms with E-state index in [2.05, 4.69) is 21.8 Å². The van der Waals surface area contributed by atoms with E-state index in [0.717, 1.165) is 24.5 Å². The third-order valence-corrected chi connectivity index (χ3v) is 2.35. The quantitative estimate of drug-likeness (QED) is 0.677. The monoisotopic (exact) mass is 185 g/mol. The summed E-state index contributed by atoms with van der Waals surface area (Å²) in [5.74, 6) is 1.16. The predicted octanol–water partition coefficient (Wildman–Crippen LogP) is 1.17. The van der Waals surface area contributed by atoms with Gasteiger partial charge in [-0.2, -0.15) is 16.9 Å². The van der Waals surface area contributed by atoms with Gasteiger partial charge in [-0.3, -0.25) is 5.10 Å². The van der Waals surface area contributed by atoms with Crippen molar-refractivity contribution in [1.29, 1.82) is 0 Å². The van der Waals surface area contributed by atoms with E-state index in [-0.39, 0.29) is 0 Å². The predicted molar refractivity (Wildman–Crippen MR) is 53.4 cm³/mol. The molecule has 0 aliphatic carbocycles. The fourth-order valence-corrected chi connectivity index (χ4v) is 1.30. The van der Waals surface area contributed by atoms with Crippen LogP contribution in [0.5, 0.6) is 0 Å². The summed E-state index contributed by atoms with van der Waals surface area (Å²) in [6.07, 6.45) is 3.99. The number of aromatic amines is 1. The van der Waals surface area contributed by atoms with Crippen molar-refractivity contribution in [2.45, 2.75) is 13.5 Å². The van der Waals surface area contributed by atoms with Gasteiger partial charge in [-0.05, 0) is 13.2 Å². The molecule has 1 aromatic rings. The van der Waals surface area contributed by atoms with Crippen LogP contribution in [0.4, 0.5) is 0 Å². The zero-order chi connectivity index (χ0) is 8.81. The molecule has 2 N–H and O–H groups in total. The van der Waals surface area contributed by atoms with Crippen LogP contribution in [0.1, 0.15) is 11.3 Å². The summed E-state index contributed by atoms with van der Waals surface area (Å²) < 4.78 is 0. The van der Waals surface area contributed by atoms with Crippen LogP contribution in [0.2, 0.25) is 0 Å². The van der Waals surface area contributed by atoms with Crippen molar-refractivity contribution >= 4 is 11.8 Å². The molecular formula is C8H15N3S. The first-order valence-electron chi connectivity index (χ1n) is 4.03. The number of hydrogen-bond donors (Lipinski definition) is 2. The maximum absolute atomic E-state index is 3.95. The van der Waals surface area contributed by atoms with Crippen LogP contribution in [-0.2, 0) is 6.54 Å². The average Bonchev–Trinajstić information content (AvgIpc) is 2.46. The van der Waals surface area contributed by atoms with Gasteiger partial charge in [0.15, 0.2) is 0 Å². The van der Waals surface area contributed by atoms with E-state index >= 15 is 0 Å². The maximum Gasteiger partial charge on any atom is 0.0535 e. The van der Waals surface area contributed by atoms with Crippen molar-refractivity contribution in [1.82, 2.24) is 15.5 Å². The number of nitrogens with zero attached hydrogens (tertiary/aromatic N) is 1. The molecule has 0 unspecified atom stereocenters. The number of H-pyrrole nitrogens is 1. The van der Waals surface area contributed by atoms with Crippen LogP contribution in [0.15, 0.2) is 6.20 Å². The summed E-state index contributed by atoms with van der Waals surface area (Å²) in [5.41, 5.74) is 2.42. The van der Waals surface area contributed by atoms with Crippen molar-refractivity contribution in [3.05, 3.63) is 17.5 Å². The molecule has 1 aromatic heterocycles. The van der Waals surface area contributed by atoms with E-state index in [9.17, 15) is 0 Å². The lowest BCUT2D eigenvalue weighted by Gasteiger charge is -2.01. The largest absolute Gasteiger partial charge is 0.312 e. The van der Waals surface area contributed by atoms with E-state index in [4.69, 9.17) is 0 Å². The SMILES string of the molecule is CSCCNCc1cn[nH]c1C. The lowest BCUT2D eigenvalue weighted by Crippen LogP contribution is -2.16. The molecule has 68 valence electrons. The third-order valence-electron chi connectivity index (χ3n) is 1.73. The highest BCUT2D eigenvalue weighted by Gasteiger charge is 1.97. The van der Waals surface area contributed by atoms with Crippen LogP contribution in [0.3, 0.4) is 0 Å². The molecule has 4 heteroatoms. The van der Waals surface area contributed by atoms with Gasteiger partial charge in [0.1, 0.15) is 0 Å². The number of aryl methyl sites for hydroxylation is 1. The summed E-state index contributed by atoms with van der Waals surface area (Å²) in [5, 5.41) is 10.2. The standard InChI is InChI=1S/C8H15N3S/c1-7-8(6-10-11-7)5-9-3-4-12-2/h6,9H,3-5H2,1-2H3,(H,10,11). The van der Waals surface area contributed by atoms with E-state index in [1.54, 1.807) is 0 Å². The van der Waals surface area contributed by atoms with Crippen LogP contribution in [-0.4, -0.2) is 28.8 Å². The van der Waals surface area contributed by atoms with Crippen molar-refractivity contribution in [2.75, 3.05) is 18.6 Å². The number of rotatable bonds is 5. The molecule has 0 saturated heterocycles. The molecule has 0 aliphatic heterocycles. The highest BCUT2D eigenvalue weighted by atomic mass is 32.2. The third kappa shape index (κ3) is 2.87. The second-order valence-electron chi connectivity index (χ2n) is 2.69. The molecule has 0 atom stereocenters. The van der Waals surface area contributed by atoms with Crippen molar-refractivity contribution in [3.63, 3.8) is 0 Å². The smallest absolute Gasteiger partial charge is 0.0535 e. The highest BCUT2D eigenvalue weighted by Crippen LogP contribution is 2.00. The average molecular weight is 185 g/mol. The van der Waals surface area contributed by atoms with E-state index in [1.807, 2.05) is 24.9 Å². The van der Waals surface area contributed by atoms with Gasteiger partial charge in [0.25, 0.3) is 0 Å². The maximum atomic E-state index is 3.95. The minimum Gasteiger partial charge on any atom is -0.312 e. The van der Waals surface area contributed by atoms with Crippen molar-refractivity contribution in [2.24, 2.45) is 0 Å². The van der Waals surface area contributed by atoms with Crippen LogP contribution >= 0.6 is 11.8 Å². The second kappa shape index (κ2) is 5.22. The minimum absolute atomic E-state index is 0.920. The molecule has 12 heavy (non-hydrogen) atoms. The van der Waals surface area contributed by atoms with Gasteiger partial charge in [-0.25, -0.2) is 0 Å². The Morgan fingerprint density at radius 1 is 1.67 bits per heavy atom. The molecule has 0 radical (unpaired) electrons. The molecular weight excluding hydrogens is 170 g/mol. The lowest BCUT2D eigenvalue weighted by atomic mass is 10.3. The number of aromatic nitrogens is 2. The highest BCUT2D eigenvalue weighted by molar-refractivity contribution is 7.98. The zero-order valence-corrected chi connectivity index (χ0v) is 8.37. The molecule has 0 saturated carbocycles. The topological polar surface area (TPSA) is 40.7 Å². The Kier molecular flexibility index (Phi) is 4.18. The number of nitrogens with one attached hydrogen (secondary N) is 2. The number of thioether (sulfide) groups is 1. The Bertz CT molecular complexity index is 222. The van der Waals surface area contributed by atoms with Crippen molar-refractivity contribution in [3.8, 4) is 0 Å². The first-order chi connectivity index (χ1) is 5.84. The van der Waals surface area contributed by atoms with Gasteiger partial charge < -0.3 is 5.32 Å². The molecule has 0 aromatic carbocycles. The summed E-state index contributed by atoms with van der Waals surface area (Å²) in [4.78, 5) is 0. The fourth-order valence-electron chi connectivity index (χ4n) is 0.951. The molecule has 0 aliphatic rings. The Hall–Kier alpha value is -0.480. The summed E-state index contributed by atoms with van der Waals surface area (Å²) in [7, 11) is 0. The molecule has 0 spiro atoms. The van der Waals surface area contributed by atoms with E-state index < -0.39 is 0 Å². The molecule has 1 rings (SSSR count). The van der Waals surface area contributed by atoms with Crippen molar-refractivity contribution < 1.29 is 0 Å². The Labute approximate surface area is 77.3 Å². The van der Waals surface area contributed by atoms with Crippen LogP contribution in [0.25, 0.3) is 0 Å². The van der Waals surface area contributed by atoms with Gasteiger partial charge >= 0.3 is 0 Å². The van der Waals surface area contributed by atoms with E-state index in [0.29, 0.717) is 0 Å². The van der Waals surface area contributed by atoms with Crippen LogP contribution in [0, 0.1) is 6.92 Å². The zero-order valence-electron chi connectivity index (χ0n) is 7.55. The summed E-state index contributed by atoms with van der Waals surface area (Å²) in [6, 6.07) is 0. The molecule has 1 heterocycles. The second-order valence-corrected chi connectivity index (χ2v) is 3.68. The Morgan fingerprint density at radius 2 is 2.50 bits per heavy atom. The molecule has 3 nitrogen and oxygen atoms in total. The van der Waals surface area contributed by atoms with Gasteiger partial charge in [0.05, 0.1) is 6.20 Å². The number of hydrogen-bond acceptors (Lipinski definition) is 3. The van der Waals surface area contributed by atoms with Gasteiger partial charge in [0.2, 0.25) is 0 Å². The summed E-state index contributed by atoms with van der Waals surface area (Å²) in [6.45, 7) is 4.02. The molecule has 0 bridgehead atoms. The lowest BCUT2D eigenvalue weighted by molar-refractivity contribution is 0.729. The summed E-state index contributed by atoms with van der Waals surface area (Å²) >= 11 is 1.86. The van der Waals surface area contributed by atoms with Gasteiger partial charge in [-0.1, -0.05) is 0 Å². The van der Waals surface area contributed by atoms with Gasteiger partial charge in [0, 0.05) is 30.1 Å². The first-order valence-corrected chi connectivity index (χ1v) is 5.42. The Morgan fingerprint density at radius 3 is 3.08 bits per heavy atom. The fraction of sp³-hybridized carbons (Fsp3) is 0.625. The van der Waals surface area contributed by atoms with Crippen LogP contribution < -0.4 is 5.32 Å². The first kappa shape index (κ1) is 9.61. The minimum atomic E-state index is 0.920.